The molecule has 1 aliphatic heterocycles. The zero-order valence-electron chi connectivity index (χ0n) is 11.9. The number of methoxy groups -OCH3 is 1. The molecule has 2 aromatic heterocycles. The van der Waals surface area contributed by atoms with E-state index in [1.165, 1.54) is 12.0 Å². The summed E-state index contributed by atoms with van der Waals surface area (Å²) in [5.74, 6) is -0.300. The molecule has 3 heterocycles. The largest absolute Gasteiger partial charge is 0.382 e. The molecule has 7 nitrogen and oxygen atoms in total. The van der Waals surface area contributed by atoms with Crippen LogP contribution in [-0.4, -0.2) is 45.5 Å². The number of imide groups is 1. The van der Waals surface area contributed by atoms with Crippen LogP contribution >= 0.6 is 0 Å². The molecule has 0 unspecified atom stereocenters. The van der Waals surface area contributed by atoms with Crippen LogP contribution in [0.1, 0.15) is 12.6 Å². The molecule has 1 saturated heterocycles. The molecule has 110 valence electrons. The Labute approximate surface area is 121 Å². The van der Waals surface area contributed by atoms with E-state index < -0.39 is 11.6 Å². The van der Waals surface area contributed by atoms with E-state index in [9.17, 15) is 9.59 Å². The first-order valence-corrected chi connectivity index (χ1v) is 6.59. The number of pyridine rings is 1. The van der Waals surface area contributed by atoms with Crippen LogP contribution < -0.4 is 5.32 Å². The third kappa shape index (κ3) is 2.25. The molecular weight excluding hydrogens is 272 g/mol. The molecule has 1 fully saturated rings. The highest BCUT2D eigenvalue weighted by Crippen LogP contribution is 2.20. The van der Waals surface area contributed by atoms with Crippen LogP contribution in [0.4, 0.5) is 4.79 Å². The second-order valence-electron chi connectivity index (χ2n) is 5.28. The van der Waals surface area contributed by atoms with Gasteiger partial charge in [0.05, 0.1) is 18.8 Å². The van der Waals surface area contributed by atoms with Gasteiger partial charge >= 0.3 is 6.03 Å². The summed E-state index contributed by atoms with van der Waals surface area (Å²) in [5.41, 5.74) is 0.427. The van der Waals surface area contributed by atoms with Crippen LogP contribution in [0, 0.1) is 0 Å². The monoisotopic (exact) mass is 288 g/mol. The zero-order chi connectivity index (χ0) is 15.0. The van der Waals surface area contributed by atoms with Crippen molar-refractivity contribution in [2.75, 3.05) is 13.7 Å². The number of ether oxygens (including phenoxy) is 1. The Morgan fingerprint density at radius 2 is 2.19 bits per heavy atom. The van der Waals surface area contributed by atoms with E-state index in [2.05, 4.69) is 10.3 Å². The van der Waals surface area contributed by atoms with Gasteiger partial charge in [0.1, 0.15) is 11.2 Å². The molecule has 0 aromatic carbocycles. The number of carbonyl (C=O) groups excluding carboxylic acids is 2. The average Bonchev–Trinajstić information content (AvgIpc) is 2.94. The summed E-state index contributed by atoms with van der Waals surface area (Å²) in [6.45, 7) is 1.94. The van der Waals surface area contributed by atoms with E-state index in [-0.39, 0.29) is 19.1 Å². The minimum absolute atomic E-state index is 0.138. The molecule has 0 radical (unpaired) electrons. The van der Waals surface area contributed by atoms with Crippen molar-refractivity contribution in [1.29, 1.82) is 0 Å². The number of hydrogen-bond donors (Lipinski definition) is 1. The lowest BCUT2D eigenvalue weighted by molar-refractivity contribution is -0.132. The molecule has 1 aliphatic rings. The molecule has 1 N–H and O–H groups in total. The first-order valence-electron chi connectivity index (χ1n) is 6.59. The molecule has 3 amide bonds. The summed E-state index contributed by atoms with van der Waals surface area (Å²) in [6.07, 6.45) is 3.68. The van der Waals surface area contributed by atoms with Gasteiger partial charge in [-0.1, -0.05) is 6.07 Å². The Morgan fingerprint density at radius 3 is 2.90 bits per heavy atom. The van der Waals surface area contributed by atoms with Gasteiger partial charge < -0.3 is 14.5 Å². The first-order chi connectivity index (χ1) is 10.0. The number of amides is 3. The second kappa shape index (κ2) is 4.85. The highest BCUT2D eigenvalue weighted by Gasteiger charge is 2.47. The van der Waals surface area contributed by atoms with Gasteiger partial charge in [0.2, 0.25) is 0 Å². The molecule has 2 aromatic rings. The average molecular weight is 288 g/mol. The van der Waals surface area contributed by atoms with E-state index in [0.717, 1.165) is 5.65 Å². The van der Waals surface area contributed by atoms with Crippen LogP contribution in [0.25, 0.3) is 5.65 Å². The van der Waals surface area contributed by atoms with E-state index in [1.54, 1.807) is 6.92 Å². The molecule has 3 rings (SSSR count). The standard InChI is InChI=1S/C14H16N4O3/c1-14(9-21-2)12(19)18(13(20)16-14)8-10-7-17-6-4-3-5-11(17)15-10/h3-7H,8-9H2,1-2H3,(H,16,20)/t14-/m1/s1. The number of imidazole rings is 1. The molecule has 0 saturated carbocycles. The molecule has 7 heteroatoms. The Balaban J connectivity index is 1.84. The topological polar surface area (TPSA) is 75.9 Å². The van der Waals surface area contributed by atoms with Crippen molar-refractivity contribution in [2.24, 2.45) is 0 Å². The van der Waals surface area contributed by atoms with E-state index in [0.29, 0.717) is 5.69 Å². The normalized spacial score (nSPS) is 22.1. The van der Waals surface area contributed by atoms with Crippen LogP contribution in [0.2, 0.25) is 0 Å². The van der Waals surface area contributed by atoms with Crippen molar-refractivity contribution < 1.29 is 14.3 Å². The number of fused-ring (bicyclic) bond motifs is 1. The van der Waals surface area contributed by atoms with Gasteiger partial charge in [0.15, 0.2) is 0 Å². The number of nitrogens with one attached hydrogen (secondary N) is 1. The molecule has 0 aliphatic carbocycles. The maximum atomic E-state index is 12.4. The van der Waals surface area contributed by atoms with Crippen LogP contribution in [0.5, 0.6) is 0 Å². The molecule has 0 bridgehead atoms. The summed E-state index contributed by atoms with van der Waals surface area (Å²) in [6, 6.07) is 5.22. The Bertz CT molecular complexity index is 678. The Morgan fingerprint density at radius 1 is 1.38 bits per heavy atom. The van der Waals surface area contributed by atoms with Gasteiger partial charge in [-0.3, -0.25) is 9.69 Å². The first kappa shape index (κ1) is 13.6. The summed E-state index contributed by atoms with van der Waals surface area (Å²) in [5, 5.41) is 2.66. The Hall–Kier alpha value is -2.41. The second-order valence-corrected chi connectivity index (χ2v) is 5.28. The highest BCUT2D eigenvalue weighted by atomic mass is 16.5. The molecule has 0 spiro atoms. The number of carbonyl (C=O) groups is 2. The lowest BCUT2D eigenvalue weighted by atomic mass is 10.0. The number of rotatable bonds is 4. The highest BCUT2D eigenvalue weighted by molar-refractivity contribution is 6.06. The van der Waals surface area contributed by atoms with Crippen molar-refractivity contribution in [2.45, 2.75) is 19.0 Å². The molecule has 21 heavy (non-hydrogen) atoms. The number of hydrogen-bond acceptors (Lipinski definition) is 4. The maximum Gasteiger partial charge on any atom is 0.325 e. The van der Waals surface area contributed by atoms with Crippen LogP contribution in [-0.2, 0) is 16.1 Å². The summed E-state index contributed by atoms with van der Waals surface area (Å²) in [7, 11) is 1.50. The lowest BCUT2D eigenvalue weighted by Crippen LogP contribution is -2.47. The van der Waals surface area contributed by atoms with Gasteiger partial charge in [0, 0.05) is 19.5 Å². The number of urea groups is 1. The van der Waals surface area contributed by atoms with Gasteiger partial charge in [0.25, 0.3) is 5.91 Å². The van der Waals surface area contributed by atoms with Crippen molar-refractivity contribution in [3.05, 3.63) is 36.3 Å². The van der Waals surface area contributed by atoms with E-state index in [4.69, 9.17) is 4.74 Å². The fraction of sp³-hybridized carbons (Fsp3) is 0.357. The third-order valence-electron chi connectivity index (χ3n) is 3.51. The zero-order valence-corrected chi connectivity index (χ0v) is 11.9. The van der Waals surface area contributed by atoms with Crippen molar-refractivity contribution in [3.63, 3.8) is 0 Å². The third-order valence-corrected chi connectivity index (χ3v) is 3.51. The van der Waals surface area contributed by atoms with Crippen LogP contribution in [0.15, 0.2) is 30.6 Å². The number of aromatic nitrogens is 2. The predicted octanol–water partition coefficient (Wildman–Crippen LogP) is 0.791. The van der Waals surface area contributed by atoms with Crippen molar-refractivity contribution in [3.8, 4) is 0 Å². The van der Waals surface area contributed by atoms with Gasteiger partial charge in [-0.05, 0) is 19.1 Å². The molecule has 1 atom stereocenters. The quantitative estimate of drug-likeness (QED) is 0.844. The number of nitrogens with zero attached hydrogens (tertiary/aromatic N) is 3. The molecular formula is C14H16N4O3. The van der Waals surface area contributed by atoms with Crippen molar-refractivity contribution in [1.82, 2.24) is 19.6 Å². The maximum absolute atomic E-state index is 12.4. The summed E-state index contributed by atoms with van der Waals surface area (Å²) in [4.78, 5) is 29.9. The smallest absolute Gasteiger partial charge is 0.325 e. The fourth-order valence-electron chi connectivity index (χ4n) is 2.50. The van der Waals surface area contributed by atoms with Crippen LogP contribution in [0.3, 0.4) is 0 Å². The van der Waals surface area contributed by atoms with Gasteiger partial charge in [-0.25, -0.2) is 9.78 Å². The minimum atomic E-state index is -1.01. The lowest BCUT2D eigenvalue weighted by Gasteiger charge is -2.19. The summed E-state index contributed by atoms with van der Waals surface area (Å²) >= 11 is 0. The Kier molecular flexibility index (Phi) is 3.13. The fourth-order valence-corrected chi connectivity index (χ4v) is 2.50. The summed E-state index contributed by atoms with van der Waals surface area (Å²) < 4.78 is 6.86. The SMILES string of the molecule is COC[C@@]1(C)NC(=O)N(Cc2cn3ccccc3n2)C1=O. The predicted molar refractivity (Wildman–Crippen MR) is 74.6 cm³/mol. The minimum Gasteiger partial charge on any atom is -0.382 e. The van der Waals surface area contributed by atoms with Gasteiger partial charge in [-0.2, -0.15) is 0 Å². The van der Waals surface area contributed by atoms with Gasteiger partial charge in [-0.15, -0.1) is 0 Å². The van der Waals surface area contributed by atoms with E-state index in [1.807, 2.05) is 35.0 Å². The van der Waals surface area contributed by atoms with Crippen molar-refractivity contribution >= 4 is 17.6 Å². The van der Waals surface area contributed by atoms with E-state index >= 15 is 0 Å².